The molecular weight excluding hydrogens is 234 g/mol. The zero-order valence-corrected chi connectivity index (χ0v) is 11.3. The summed E-state index contributed by atoms with van der Waals surface area (Å²) in [7, 11) is 0. The van der Waals surface area contributed by atoms with Crippen molar-refractivity contribution in [3.05, 3.63) is 0 Å². The Kier molecular flexibility index (Phi) is 4.74. The van der Waals surface area contributed by atoms with Gasteiger partial charge in [-0.15, -0.1) is 0 Å². The molecule has 0 spiro atoms. The molecular formula is C13H23NO2S. The fraction of sp³-hybridized carbons (Fsp3) is 0.923. The van der Waals surface area contributed by atoms with Crippen molar-refractivity contribution in [2.75, 3.05) is 12.3 Å². The second-order valence-corrected chi connectivity index (χ2v) is 6.85. The first-order valence-electron chi connectivity index (χ1n) is 6.76. The lowest BCUT2D eigenvalue weighted by molar-refractivity contribution is -0.144. The molecule has 2 fully saturated rings. The van der Waals surface area contributed by atoms with Gasteiger partial charge in [0.15, 0.2) is 0 Å². The van der Waals surface area contributed by atoms with Gasteiger partial charge in [0.1, 0.15) is 0 Å². The third-order valence-electron chi connectivity index (χ3n) is 4.24. The van der Waals surface area contributed by atoms with Crippen molar-refractivity contribution in [2.24, 2.45) is 11.8 Å². The lowest BCUT2D eigenvalue weighted by Gasteiger charge is -2.30. The maximum absolute atomic E-state index is 11.2. The van der Waals surface area contributed by atoms with Gasteiger partial charge in [0.2, 0.25) is 0 Å². The summed E-state index contributed by atoms with van der Waals surface area (Å²) in [4.78, 5) is 11.2. The van der Waals surface area contributed by atoms with Crippen LogP contribution in [0.25, 0.3) is 0 Å². The summed E-state index contributed by atoms with van der Waals surface area (Å²) in [6.07, 6.45) is 5.47. The van der Waals surface area contributed by atoms with Gasteiger partial charge in [0, 0.05) is 11.3 Å². The smallest absolute Gasteiger partial charge is 0.306 e. The molecule has 4 heteroatoms. The number of thioether (sulfide) groups is 1. The molecule has 4 atom stereocenters. The van der Waals surface area contributed by atoms with E-state index in [2.05, 4.69) is 12.2 Å². The van der Waals surface area contributed by atoms with E-state index in [0.717, 1.165) is 25.8 Å². The van der Waals surface area contributed by atoms with E-state index in [9.17, 15) is 9.90 Å². The van der Waals surface area contributed by atoms with Crippen LogP contribution in [0.4, 0.5) is 0 Å². The maximum atomic E-state index is 11.2. The monoisotopic (exact) mass is 257 g/mol. The minimum Gasteiger partial charge on any atom is -0.481 e. The average molecular weight is 257 g/mol. The van der Waals surface area contributed by atoms with Gasteiger partial charge in [0.05, 0.1) is 5.92 Å². The first-order chi connectivity index (χ1) is 8.18. The van der Waals surface area contributed by atoms with Crippen LogP contribution >= 0.6 is 11.8 Å². The Morgan fingerprint density at radius 2 is 2.12 bits per heavy atom. The van der Waals surface area contributed by atoms with Crippen LogP contribution in [0, 0.1) is 11.8 Å². The number of carboxylic acids is 1. The third-order valence-corrected chi connectivity index (χ3v) is 5.57. The molecule has 1 saturated carbocycles. The molecule has 0 aromatic rings. The van der Waals surface area contributed by atoms with Crippen molar-refractivity contribution >= 4 is 17.7 Å². The Morgan fingerprint density at radius 3 is 2.76 bits per heavy atom. The molecule has 1 aliphatic carbocycles. The molecule has 17 heavy (non-hydrogen) atoms. The minimum absolute atomic E-state index is 0.111. The van der Waals surface area contributed by atoms with Crippen molar-refractivity contribution in [1.29, 1.82) is 0 Å². The zero-order valence-electron chi connectivity index (χ0n) is 10.5. The first kappa shape index (κ1) is 13.2. The van der Waals surface area contributed by atoms with E-state index in [1.165, 1.54) is 18.6 Å². The molecule has 0 aromatic heterocycles. The molecule has 0 bridgehead atoms. The molecule has 0 amide bonds. The third kappa shape index (κ3) is 3.38. The first-order valence-corrected chi connectivity index (χ1v) is 7.81. The van der Waals surface area contributed by atoms with Crippen LogP contribution in [0.15, 0.2) is 0 Å². The maximum Gasteiger partial charge on any atom is 0.306 e. The lowest BCUT2D eigenvalue weighted by atomic mass is 9.79. The molecule has 4 unspecified atom stereocenters. The summed E-state index contributed by atoms with van der Waals surface area (Å²) in [5.74, 6) is 0.885. The van der Waals surface area contributed by atoms with Crippen LogP contribution in [0.2, 0.25) is 0 Å². The molecule has 98 valence electrons. The van der Waals surface area contributed by atoms with Crippen LogP contribution in [0.1, 0.15) is 39.0 Å². The van der Waals surface area contributed by atoms with E-state index < -0.39 is 5.97 Å². The lowest BCUT2D eigenvalue weighted by Crippen LogP contribution is -2.41. The normalized spacial score (nSPS) is 38.2. The van der Waals surface area contributed by atoms with E-state index in [1.807, 2.05) is 11.8 Å². The summed E-state index contributed by atoms with van der Waals surface area (Å²) in [6.45, 7) is 3.16. The SMILES string of the molecule is CC1SCCC1NCC1CCCCC1C(=O)O. The number of carboxylic acid groups (broad SMARTS) is 1. The minimum atomic E-state index is -0.592. The number of rotatable bonds is 4. The molecule has 1 saturated heterocycles. The van der Waals surface area contributed by atoms with Gasteiger partial charge in [-0.05, 0) is 37.5 Å². The number of carbonyl (C=O) groups is 1. The highest BCUT2D eigenvalue weighted by Gasteiger charge is 2.32. The summed E-state index contributed by atoms with van der Waals surface area (Å²) in [6, 6.07) is 0.594. The number of aliphatic carboxylic acids is 1. The van der Waals surface area contributed by atoms with E-state index in [4.69, 9.17) is 0 Å². The van der Waals surface area contributed by atoms with Crippen LogP contribution in [-0.4, -0.2) is 34.7 Å². The van der Waals surface area contributed by atoms with Gasteiger partial charge in [-0.25, -0.2) is 0 Å². The van der Waals surface area contributed by atoms with Gasteiger partial charge in [0.25, 0.3) is 0 Å². The summed E-state index contributed by atoms with van der Waals surface area (Å²) in [5, 5.41) is 13.5. The number of hydrogen-bond acceptors (Lipinski definition) is 3. The van der Waals surface area contributed by atoms with E-state index >= 15 is 0 Å². The second-order valence-electron chi connectivity index (χ2n) is 5.37. The zero-order chi connectivity index (χ0) is 12.3. The molecule has 1 heterocycles. The topological polar surface area (TPSA) is 49.3 Å². The molecule has 1 aliphatic heterocycles. The number of nitrogens with one attached hydrogen (secondary N) is 1. The van der Waals surface area contributed by atoms with E-state index in [1.54, 1.807) is 0 Å². The highest BCUT2D eigenvalue weighted by Crippen LogP contribution is 2.31. The Morgan fingerprint density at radius 1 is 1.35 bits per heavy atom. The van der Waals surface area contributed by atoms with Crippen LogP contribution < -0.4 is 5.32 Å². The summed E-state index contributed by atoms with van der Waals surface area (Å²) in [5.41, 5.74) is 0. The quantitative estimate of drug-likeness (QED) is 0.812. The highest BCUT2D eigenvalue weighted by molar-refractivity contribution is 8.00. The van der Waals surface area contributed by atoms with Gasteiger partial charge < -0.3 is 10.4 Å². The van der Waals surface area contributed by atoms with E-state index in [0.29, 0.717) is 17.2 Å². The molecule has 0 radical (unpaired) electrons. The van der Waals surface area contributed by atoms with Gasteiger partial charge in [-0.1, -0.05) is 19.8 Å². The van der Waals surface area contributed by atoms with Gasteiger partial charge >= 0.3 is 5.97 Å². The molecule has 2 N–H and O–H groups in total. The molecule has 2 rings (SSSR count). The average Bonchev–Trinajstić information content (AvgIpc) is 2.72. The number of hydrogen-bond donors (Lipinski definition) is 2. The standard InChI is InChI=1S/C13H23NO2S/c1-9-12(6-7-17-9)14-8-10-4-2-3-5-11(10)13(15)16/h9-12,14H,2-8H2,1H3,(H,15,16). The molecule has 3 nitrogen and oxygen atoms in total. The Bertz CT molecular complexity index is 272. The van der Waals surface area contributed by atoms with Crippen molar-refractivity contribution in [3.63, 3.8) is 0 Å². The summed E-state index contributed by atoms with van der Waals surface area (Å²) >= 11 is 2.02. The van der Waals surface area contributed by atoms with Crippen LogP contribution in [0.3, 0.4) is 0 Å². The van der Waals surface area contributed by atoms with Crippen molar-refractivity contribution in [1.82, 2.24) is 5.32 Å². The fourth-order valence-corrected chi connectivity index (χ4v) is 4.31. The Balaban J connectivity index is 1.81. The van der Waals surface area contributed by atoms with E-state index in [-0.39, 0.29) is 5.92 Å². The Labute approximate surface area is 108 Å². The molecule has 2 aliphatic rings. The van der Waals surface area contributed by atoms with Crippen molar-refractivity contribution < 1.29 is 9.90 Å². The van der Waals surface area contributed by atoms with Gasteiger partial charge in [-0.3, -0.25) is 4.79 Å². The Hall–Kier alpha value is -0.220. The summed E-state index contributed by atoms with van der Waals surface area (Å²) < 4.78 is 0. The highest BCUT2D eigenvalue weighted by atomic mass is 32.2. The predicted octanol–water partition coefficient (Wildman–Crippen LogP) is 2.36. The predicted molar refractivity (Wildman–Crippen MR) is 71.4 cm³/mol. The van der Waals surface area contributed by atoms with Crippen molar-refractivity contribution in [2.45, 2.75) is 50.3 Å². The van der Waals surface area contributed by atoms with Crippen LogP contribution in [0.5, 0.6) is 0 Å². The van der Waals surface area contributed by atoms with Crippen molar-refractivity contribution in [3.8, 4) is 0 Å². The van der Waals surface area contributed by atoms with Crippen LogP contribution in [-0.2, 0) is 4.79 Å². The fourth-order valence-electron chi connectivity index (χ4n) is 3.08. The molecule has 0 aromatic carbocycles. The largest absolute Gasteiger partial charge is 0.481 e. The second kappa shape index (κ2) is 6.10. The van der Waals surface area contributed by atoms with Gasteiger partial charge in [-0.2, -0.15) is 11.8 Å².